The molecule has 202 valence electrons. The van der Waals surface area contributed by atoms with E-state index in [1.54, 1.807) is 11.8 Å². The van der Waals surface area contributed by atoms with E-state index < -0.39 is 12.0 Å². The van der Waals surface area contributed by atoms with Crippen LogP contribution in [-0.2, 0) is 20.7 Å². The number of carbonyl (C=O) groups is 3. The maximum atomic E-state index is 14.4. The standard InChI is InChI=1S/C30H36N2O6/c1-4-36-24-16-19-13-15-32-27(23(19)17-25(24)37-5-2)26(21-11-7-8-12-22(21)28(32)33)29(34)31-14-9-10-20(18-31)30(35)38-6-3/h7-8,11-12,16-17,20,26-27H,4-6,9-10,13-15,18H2,1-3H3. The molecule has 2 aromatic rings. The molecule has 8 heteroatoms. The Bertz CT molecular complexity index is 1230. The van der Waals surface area contributed by atoms with Crippen LogP contribution < -0.4 is 9.47 Å². The SMILES string of the molecule is CCOC(=O)C1CCCN(C(=O)C2c3ccccc3C(=O)N3CCc4cc(OCC)c(OCC)cc4C23)C1. The molecule has 0 N–H and O–H groups in total. The zero-order valence-electron chi connectivity index (χ0n) is 22.4. The van der Waals surface area contributed by atoms with Gasteiger partial charge in [0.15, 0.2) is 11.5 Å². The maximum Gasteiger partial charge on any atom is 0.310 e. The Morgan fingerprint density at radius 1 is 0.947 bits per heavy atom. The lowest BCUT2D eigenvalue weighted by Crippen LogP contribution is -2.52. The normalized spacial score (nSPS) is 22.2. The highest BCUT2D eigenvalue weighted by atomic mass is 16.5. The summed E-state index contributed by atoms with van der Waals surface area (Å²) in [6.07, 6.45) is 2.11. The molecule has 8 nitrogen and oxygen atoms in total. The maximum absolute atomic E-state index is 14.4. The molecule has 2 amide bonds. The van der Waals surface area contributed by atoms with Crippen LogP contribution >= 0.6 is 0 Å². The fraction of sp³-hybridized carbons (Fsp3) is 0.500. The Hall–Kier alpha value is -3.55. The van der Waals surface area contributed by atoms with Crippen LogP contribution in [0.4, 0.5) is 0 Å². The lowest BCUT2D eigenvalue weighted by atomic mass is 9.75. The van der Waals surface area contributed by atoms with Gasteiger partial charge in [0.2, 0.25) is 5.91 Å². The summed E-state index contributed by atoms with van der Waals surface area (Å²) in [6, 6.07) is 10.9. The van der Waals surface area contributed by atoms with Gasteiger partial charge >= 0.3 is 5.97 Å². The highest BCUT2D eigenvalue weighted by Crippen LogP contribution is 2.49. The van der Waals surface area contributed by atoms with Crippen molar-refractivity contribution in [3.05, 3.63) is 58.7 Å². The van der Waals surface area contributed by atoms with Gasteiger partial charge in [0.1, 0.15) is 0 Å². The Labute approximate surface area is 223 Å². The van der Waals surface area contributed by atoms with Crippen LogP contribution in [0.1, 0.15) is 72.6 Å². The first kappa shape index (κ1) is 26.1. The molecule has 3 unspecified atom stereocenters. The first-order chi connectivity index (χ1) is 18.5. The smallest absolute Gasteiger partial charge is 0.310 e. The van der Waals surface area contributed by atoms with Crippen molar-refractivity contribution in [2.24, 2.45) is 5.92 Å². The van der Waals surface area contributed by atoms with Crippen molar-refractivity contribution >= 4 is 17.8 Å². The number of esters is 1. The average molecular weight is 521 g/mol. The Kier molecular flexibility index (Phi) is 7.58. The van der Waals surface area contributed by atoms with Crippen molar-refractivity contribution in [1.29, 1.82) is 0 Å². The molecular formula is C30H36N2O6. The van der Waals surface area contributed by atoms with Gasteiger partial charge < -0.3 is 24.0 Å². The second-order valence-corrected chi connectivity index (χ2v) is 10.00. The van der Waals surface area contributed by atoms with Crippen LogP contribution in [-0.4, -0.2) is 67.0 Å². The van der Waals surface area contributed by atoms with E-state index in [1.807, 2.05) is 55.1 Å². The van der Waals surface area contributed by atoms with Crippen LogP contribution in [0.2, 0.25) is 0 Å². The molecule has 0 bridgehead atoms. The fourth-order valence-electron chi connectivity index (χ4n) is 6.16. The van der Waals surface area contributed by atoms with Crippen LogP contribution in [0.15, 0.2) is 36.4 Å². The van der Waals surface area contributed by atoms with Crippen LogP contribution in [0.25, 0.3) is 0 Å². The number of hydrogen-bond donors (Lipinski definition) is 0. The third-order valence-corrected chi connectivity index (χ3v) is 7.80. The number of amides is 2. The molecule has 3 atom stereocenters. The Balaban J connectivity index is 1.59. The molecule has 3 heterocycles. The zero-order valence-corrected chi connectivity index (χ0v) is 22.4. The van der Waals surface area contributed by atoms with E-state index in [1.165, 1.54) is 0 Å². The van der Waals surface area contributed by atoms with Gasteiger partial charge in [-0.3, -0.25) is 14.4 Å². The van der Waals surface area contributed by atoms with Crippen molar-refractivity contribution in [3.63, 3.8) is 0 Å². The predicted octanol–water partition coefficient (Wildman–Crippen LogP) is 4.12. The van der Waals surface area contributed by atoms with Crippen LogP contribution in [0.5, 0.6) is 11.5 Å². The van der Waals surface area contributed by atoms with Crippen molar-refractivity contribution < 1.29 is 28.6 Å². The number of hydrogen-bond acceptors (Lipinski definition) is 6. The number of fused-ring (bicyclic) bond motifs is 4. The van der Waals surface area contributed by atoms with E-state index >= 15 is 0 Å². The van der Waals surface area contributed by atoms with Crippen molar-refractivity contribution in [2.75, 3.05) is 39.5 Å². The second-order valence-electron chi connectivity index (χ2n) is 10.00. The van der Waals surface area contributed by atoms with Gasteiger partial charge in [0.05, 0.1) is 37.7 Å². The largest absolute Gasteiger partial charge is 0.490 e. The average Bonchev–Trinajstić information content (AvgIpc) is 2.94. The van der Waals surface area contributed by atoms with E-state index in [0.717, 1.165) is 23.1 Å². The summed E-state index contributed by atoms with van der Waals surface area (Å²) in [6.45, 7) is 8.38. The summed E-state index contributed by atoms with van der Waals surface area (Å²) < 4.78 is 17.1. The second kappa shape index (κ2) is 11.1. The van der Waals surface area contributed by atoms with Crippen LogP contribution in [0.3, 0.4) is 0 Å². The highest BCUT2D eigenvalue weighted by molar-refractivity contribution is 6.01. The van der Waals surface area contributed by atoms with Gasteiger partial charge in [0, 0.05) is 25.2 Å². The van der Waals surface area contributed by atoms with E-state index in [9.17, 15) is 14.4 Å². The zero-order chi connectivity index (χ0) is 26.8. The molecule has 3 aliphatic rings. The van der Waals surface area contributed by atoms with Gasteiger partial charge in [0.25, 0.3) is 5.91 Å². The molecule has 2 aromatic carbocycles. The van der Waals surface area contributed by atoms with Gasteiger partial charge in [-0.2, -0.15) is 0 Å². The number of likely N-dealkylation sites (tertiary alicyclic amines) is 1. The summed E-state index contributed by atoms with van der Waals surface area (Å²) in [5, 5.41) is 0. The molecule has 0 saturated carbocycles. The minimum atomic E-state index is -0.587. The van der Waals surface area contributed by atoms with E-state index in [-0.39, 0.29) is 23.7 Å². The predicted molar refractivity (Wildman–Crippen MR) is 141 cm³/mol. The first-order valence-electron chi connectivity index (χ1n) is 13.8. The topological polar surface area (TPSA) is 85.4 Å². The molecule has 0 spiro atoms. The van der Waals surface area contributed by atoms with E-state index in [4.69, 9.17) is 14.2 Å². The van der Waals surface area contributed by atoms with Crippen molar-refractivity contribution in [1.82, 2.24) is 9.80 Å². The summed E-state index contributed by atoms with van der Waals surface area (Å²) in [4.78, 5) is 44.2. The summed E-state index contributed by atoms with van der Waals surface area (Å²) in [5.74, 6) is 0.00747. The number of nitrogens with zero attached hydrogens (tertiary/aromatic N) is 2. The molecule has 38 heavy (non-hydrogen) atoms. The quantitative estimate of drug-likeness (QED) is 0.511. The fourth-order valence-corrected chi connectivity index (χ4v) is 6.16. The number of carbonyl (C=O) groups excluding carboxylic acids is 3. The van der Waals surface area contributed by atoms with Crippen molar-refractivity contribution in [3.8, 4) is 11.5 Å². The van der Waals surface area contributed by atoms with Crippen molar-refractivity contribution in [2.45, 2.75) is 52.0 Å². The third kappa shape index (κ3) is 4.61. The summed E-state index contributed by atoms with van der Waals surface area (Å²) in [5.41, 5.74) is 3.29. The molecule has 1 fully saturated rings. The number of piperidine rings is 1. The third-order valence-electron chi connectivity index (χ3n) is 7.80. The molecule has 5 rings (SSSR count). The van der Waals surface area contributed by atoms with Gasteiger partial charge in [-0.15, -0.1) is 0 Å². The molecule has 3 aliphatic heterocycles. The number of ether oxygens (including phenoxy) is 3. The van der Waals surface area contributed by atoms with E-state index in [2.05, 4.69) is 0 Å². The summed E-state index contributed by atoms with van der Waals surface area (Å²) in [7, 11) is 0. The van der Waals surface area contributed by atoms with Gasteiger partial charge in [-0.25, -0.2) is 0 Å². The Morgan fingerprint density at radius 2 is 1.68 bits per heavy atom. The van der Waals surface area contributed by atoms with Gasteiger partial charge in [-0.1, -0.05) is 18.2 Å². The molecule has 0 aromatic heterocycles. The minimum absolute atomic E-state index is 0.0600. The molecule has 0 radical (unpaired) electrons. The lowest BCUT2D eigenvalue weighted by molar-refractivity contribution is -0.151. The molecule has 1 saturated heterocycles. The molecular weight excluding hydrogens is 484 g/mol. The first-order valence-corrected chi connectivity index (χ1v) is 13.8. The van der Waals surface area contributed by atoms with Crippen LogP contribution in [0, 0.1) is 5.92 Å². The monoisotopic (exact) mass is 520 g/mol. The highest BCUT2D eigenvalue weighted by Gasteiger charge is 2.48. The van der Waals surface area contributed by atoms with E-state index in [0.29, 0.717) is 69.4 Å². The number of benzene rings is 2. The minimum Gasteiger partial charge on any atom is -0.490 e. The Morgan fingerprint density at radius 3 is 2.42 bits per heavy atom. The molecule has 0 aliphatic carbocycles. The van der Waals surface area contributed by atoms with Gasteiger partial charge in [-0.05, 0) is 74.9 Å². The lowest BCUT2D eigenvalue weighted by Gasteiger charge is -2.47. The summed E-state index contributed by atoms with van der Waals surface area (Å²) >= 11 is 0. The number of rotatable bonds is 7.